The monoisotopic (exact) mass is 231 g/mol. The summed E-state index contributed by atoms with van der Waals surface area (Å²) in [6.07, 6.45) is 3.13. The molecule has 0 spiro atoms. The Labute approximate surface area is 93.3 Å². The minimum Gasteiger partial charge on any atom is -0.381 e. The van der Waals surface area contributed by atoms with Crippen LogP contribution in [0.5, 0.6) is 0 Å². The molecule has 78 valence electrons. The summed E-state index contributed by atoms with van der Waals surface area (Å²) in [5.74, 6) is 0.716. The second kappa shape index (κ2) is 4.60. The topological polar surface area (TPSA) is 22.1 Å². The van der Waals surface area contributed by atoms with E-state index in [4.69, 9.17) is 16.3 Å². The quantitative estimate of drug-likeness (QED) is 0.747. The van der Waals surface area contributed by atoms with Crippen LogP contribution in [-0.4, -0.2) is 24.1 Å². The van der Waals surface area contributed by atoms with Crippen molar-refractivity contribution in [3.63, 3.8) is 0 Å². The number of nitrogens with zero attached hydrogens (tertiary/aromatic N) is 1. The van der Waals surface area contributed by atoms with E-state index in [0.29, 0.717) is 5.88 Å². The van der Waals surface area contributed by atoms with E-state index in [2.05, 4.69) is 10.4 Å². The third-order valence-electron chi connectivity index (χ3n) is 2.88. The average Bonchev–Trinajstić information content (AvgIpc) is 2.72. The molecule has 0 amide bonds. The van der Waals surface area contributed by atoms with Crippen LogP contribution in [0.25, 0.3) is 0 Å². The number of aromatic nitrogens is 1. The van der Waals surface area contributed by atoms with Gasteiger partial charge in [0.1, 0.15) is 0 Å². The molecule has 1 aromatic heterocycles. The maximum absolute atomic E-state index is 6.07. The van der Waals surface area contributed by atoms with Crippen molar-refractivity contribution in [2.45, 2.75) is 19.3 Å². The first-order chi connectivity index (χ1) is 6.85. The van der Waals surface area contributed by atoms with E-state index in [9.17, 15) is 0 Å². The van der Waals surface area contributed by atoms with Crippen molar-refractivity contribution in [1.29, 1.82) is 0 Å². The highest BCUT2D eigenvalue weighted by atomic mass is 35.5. The molecule has 2 heterocycles. The molecule has 0 bridgehead atoms. The third kappa shape index (κ3) is 2.27. The largest absolute Gasteiger partial charge is 0.381 e. The van der Waals surface area contributed by atoms with Gasteiger partial charge in [0.05, 0.1) is 11.2 Å². The van der Waals surface area contributed by atoms with Crippen LogP contribution in [0, 0.1) is 5.41 Å². The van der Waals surface area contributed by atoms with Crippen LogP contribution < -0.4 is 0 Å². The third-order valence-corrected chi connectivity index (χ3v) is 4.08. The Balaban J connectivity index is 2.04. The minimum atomic E-state index is 0.230. The van der Waals surface area contributed by atoms with Gasteiger partial charge in [-0.1, -0.05) is 0 Å². The Hall–Kier alpha value is -0.120. The van der Waals surface area contributed by atoms with Gasteiger partial charge >= 0.3 is 0 Å². The number of halogens is 1. The summed E-state index contributed by atoms with van der Waals surface area (Å²) in [5, 5.41) is 2.11. The summed E-state index contributed by atoms with van der Waals surface area (Å²) in [5.41, 5.74) is 3.29. The fourth-order valence-corrected chi connectivity index (χ4v) is 2.79. The van der Waals surface area contributed by atoms with E-state index in [1.807, 2.05) is 5.51 Å². The fourth-order valence-electron chi connectivity index (χ4n) is 1.87. The van der Waals surface area contributed by atoms with Gasteiger partial charge in [-0.25, -0.2) is 4.98 Å². The van der Waals surface area contributed by atoms with Crippen LogP contribution in [0.2, 0.25) is 0 Å². The van der Waals surface area contributed by atoms with Crippen LogP contribution >= 0.6 is 22.9 Å². The van der Waals surface area contributed by atoms with Crippen molar-refractivity contribution < 1.29 is 4.74 Å². The predicted molar refractivity (Wildman–Crippen MR) is 59.0 cm³/mol. The number of ether oxygens (including phenoxy) is 1. The molecule has 4 heteroatoms. The molecule has 0 aliphatic carbocycles. The van der Waals surface area contributed by atoms with Crippen molar-refractivity contribution in [1.82, 2.24) is 4.98 Å². The number of alkyl halides is 1. The van der Waals surface area contributed by atoms with Gasteiger partial charge in [-0.05, 0) is 24.7 Å². The number of thiazole rings is 1. The van der Waals surface area contributed by atoms with E-state index in [1.54, 1.807) is 11.3 Å². The normalized spacial score (nSPS) is 20.9. The Kier molecular flexibility index (Phi) is 3.42. The van der Waals surface area contributed by atoms with Gasteiger partial charge in [0.25, 0.3) is 0 Å². The molecule has 1 fully saturated rings. The zero-order chi connectivity index (χ0) is 9.86. The smallest absolute Gasteiger partial charge is 0.0794 e. The zero-order valence-electron chi connectivity index (χ0n) is 8.04. The fraction of sp³-hybridized carbons (Fsp3) is 0.700. The van der Waals surface area contributed by atoms with Crippen LogP contribution in [0.4, 0.5) is 0 Å². The summed E-state index contributed by atoms with van der Waals surface area (Å²) in [4.78, 5) is 4.32. The summed E-state index contributed by atoms with van der Waals surface area (Å²) < 4.78 is 5.37. The molecule has 1 saturated heterocycles. The molecule has 0 atom stereocenters. The predicted octanol–water partition coefficient (Wildman–Crippen LogP) is 2.72. The zero-order valence-corrected chi connectivity index (χ0v) is 9.61. The highest BCUT2D eigenvalue weighted by molar-refractivity contribution is 7.07. The Bertz CT molecular complexity index is 270. The summed E-state index contributed by atoms with van der Waals surface area (Å²) in [7, 11) is 0. The molecule has 0 saturated carbocycles. The SMILES string of the molecule is ClCC1(Cc2cscn2)CCOCC1. The number of rotatable bonds is 3. The van der Waals surface area contributed by atoms with E-state index >= 15 is 0 Å². The first-order valence-corrected chi connectivity index (χ1v) is 6.33. The summed E-state index contributed by atoms with van der Waals surface area (Å²) in [6, 6.07) is 0. The molecule has 1 aromatic rings. The van der Waals surface area contributed by atoms with Crippen LogP contribution in [0.1, 0.15) is 18.5 Å². The summed E-state index contributed by atoms with van der Waals surface area (Å²) in [6.45, 7) is 1.69. The summed E-state index contributed by atoms with van der Waals surface area (Å²) >= 11 is 7.73. The Morgan fingerprint density at radius 2 is 2.29 bits per heavy atom. The van der Waals surface area contributed by atoms with Crippen LogP contribution in [0.3, 0.4) is 0 Å². The Morgan fingerprint density at radius 1 is 1.50 bits per heavy atom. The molecule has 2 nitrogen and oxygen atoms in total. The lowest BCUT2D eigenvalue weighted by molar-refractivity contribution is 0.0254. The second-order valence-corrected chi connectivity index (χ2v) is 4.89. The molecule has 2 rings (SSSR count). The molecule has 0 N–H and O–H groups in total. The lowest BCUT2D eigenvalue weighted by Crippen LogP contribution is -2.33. The van der Waals surface area contributed by atoms with E-state index in [-0.39, 0.29) is 5.41 Å². The van der Waals surface area contributed by atoms with Gasteiger partial charge in [0.15, 0.2) is 0 Å². The molecule has 1 aliphatic heterocycles. The van der Waals surface area contributed by atoms with Crippen molar-refractivity contribution in [2.24, 2.45) is 5.41 Å². The molecule has 0 unspecified atom stereocenters. The molecule has 1 aliphatic rings. The lowest BCUT2D eigenvalue weighted by Gasteiger charge is -2.34. The maximum atomic E-state index is 6.07. The molecule has 14 heavy (non-hydrogen) atoms. The standard InChI is InChI=1S/C10H14ClNOS/c11-7-10(1-3-13-4-2-10)5-9-6-14-8-12-9/h6,8H,1-5,7H2. The van der Waals surface area contributed by atoms with Gasteiger partial charge in [0, 0.05) is 24.5 Å². The van der Waals surface area contributed by atoms with Gasteiger partial charge in [-0.2, -0.15) is 0 Å². The van der Waals surface area contributed by atoms with E-state index in [0.717, 1.165) is 32.5 Å². The van der Waals surface area contributed by atoms with Crippen molar-refractivity contribution in [3.8, 4) is 0 Å². The average molecular weight is 232 g/mol. The van der Waals surface area contributed by atoms with Crippen LogP contribution in [-0.2, 0) is 11.2 Å². The second-order valence-electron chi connectivity index (χ2n) is 3.90. The molecule has 0 radical (unpaired) electrons. The van der Waals surface area contributed by atoms with Crippen molar-refractivity contribution >= 4 is 22.9 Å². The first-order valence-electron chi connectivity index (χ1n) is 4.85. The van der Waals surface area contributed by atoms with Crippen LogP contribution in [0.15, 0.2) is 10.9 Å². The number of hydrogen-bond acceptors (Lipinski definition) is 3. The van der Waals surface area contributed by atoms with Gasteiger partial charge in [0.2, 0.25) is 0 Å². The maximum Gasteiger partial charge on any atom is 0.0794 e. The van der Waals surface area contributed by atoms with Gasteiger partial charge in [-0.3, -0.25) is 0 Å². The first kappa shape index (κ1) is 10.4. The molecular weight excluding hydrogens is 218 g/mol. The van der Waals surface area contributed by atoms with Crippen molar-refractivity contribution in [2.75, 3.05) is 19.1 Å². The highest BCUT2D eigenvalue weighted by Crippen LogP contribution is 2.35. The Morgan fingerprint density at radius 3 is 2.86 bits per heavy atom. The van der Waals surface area contributed by atoms with Gasteiger partial charge < -0.3 is 4.74 Å². The highest BCUT2D eigenvalue weighted by Gasteiger charge is 2.32. The van der Waals surface area contributed by atoms with Gasteiger partial charge in [-0.15, -0.1) is 22.9 Å². The lowest BCUT2D eigenvalue weighted by atomic mass is 9.78. The molecule has 0 aromatic carbocycles. The molecular formula is C10H14ClNOS. The van der Waals surface area contributed by atoms with E-state index < -0.39 is 0 Å². The number of hydrogen-bond donors (Lipinski definition) is 0. The minimum absolute atomic E-state index is 0.230. The van der Waals surface area contributed by atoms with E-state index in [1.165, 1.54) is 5.69 Å². The van der Waals surface area contributed by atoms with Crippen molar-refractivity contribution in [3.05, 3.63) is 16.6 Å².